The van der Waals surface area contributed by atoms with Crippen molar-refractivity contribution in [2.24, 2.45) is 0 Å². The number of methoxy groups -OCH3 is 2. The normalized spacial score (nSPS) is 15.6. The van der Waals surface area contributed by atoms with Gasteiger partial charge in [-0.25, -0.2) is 0 Å². The number of quaternary nitrogens is 1. The van der Waals surface area contributed by atoms with Crippen LogP contribution in [-0.4, -0.2) is 33.2 Å². The molecule has 0 fully saturated rings. The van der Waals surface area contributed by atoms with Crippen molar-refractivity contribution in [2.45, 2.75) is 39.7 Å². The maximum atomic E-state index is 12.8. The maximum absolute atomic E-state index is 12.8. The quantitative estimate of drug-likeness (QED) is 0.772. The lowest BCUT2D eigenvalue weighted by molar-refractivity contribution is -0.907. The first-order valence-corrected chi connectivity index (χ1v) is 10.1. The lowest BCUT2D eigenvalue weighted by Crippen LogP contribution is -3.12. The van der Waals surface area contributed by atoms with Crippen LogP contribution in [0.2, 0.25) is 0 Å². The number of fused-ring (bicyclic) bond motifs is 1. The maximum Gasteiger partial charge on any atom is 0.279 e. The van der Waals surface area contributed by atoms with Gasteiger partial charge in [-0.1, -0.05) is 32.0 Å². The molecule has 2 aromatic carbocycles. The summed E-state index contributed by atoms with van der Waals surface area (Å²) in [4.78, 5) is 14.0. The number of anilines is 1. The van der Waals surface area contributed by atoms with Crippen LogP contribution in [-0.2, 0) is 30.6 Å². The van der Waals surface area contributed by atoms with Crippen molar-refractivity contribution in [3.8, 4) is 11.5 Å². The molecule has 1 aliphatic heterocycles. The van der Waals surface area contributed by atoms with Crippen molar-refractivity contribution in [2.75, 3.05) is 32.6 Å². The summed E-state index contributed by atoms with van der Waals surface area (Å²) in [5.41, 5.74) is 5.91. The van der Waals surface area contributed by atoms with Gasteiger partial charge in [0.15, 0.2) is 18.0 Å². The number of amides is 1. The summed E-state index contributed by atoms with van der Waals surface area (Å²) in [5, 5.41) is 3.19. The zero-order valence-electron chi connectivity index (χ0n) is 17.4. The van der Waals surface area contributed by atoms with Gasteiger partial charge in [-0.3, -0.25) is 4.79 Å². The Bertz CT molecular complexity index is 826. The third-order valence-corrected chi connectivity index (χ3v) is 5.57. The van der Waals surface area contributed by atoms with E-state index in [1.54, 1.807) is 14.2 Å². The van der Waals surface area contributed by atoms with Crippen LogP contribution in [0.3, 0.4) is 0 Å². The monoisotopic (exact) mass is 383 g/mol. The third kappa shape index (κ3) is 4.30. The number of hydrogen-bond acceptors (Lipinski definition) is 3. The Morgan fingerprint density at radius 1 is 1.04 bits per heavy atom. The van der Waals surface area contributed by atoms with Gasteiger partial charge < -0.3 is 19.7 Å². The molecule has 150 valence electrons. The largest absolute Gasteiger partial charge is 0.493 e. The van der Waals surface area contributed by atoms with Crippen LogP contribution in [0.4, 0.5) is 5.69 Å². The summed E-state index contributed by atoms with van der Waals surface area (Å²) < 4.78 is 10.8. The molecule has 5 heteroatoms. The van der Waals surface area contributed by atoms with Crippen LogP contribution in [0.1, 0.15) is 36.1 Å². The molecule has 1 atom stereocenters. The molecule has 1 aliphatic rings. The molecule has 2 aromatic rings. The van der Waals surface area contributed by atoms with Gasteiger partial charge in [0.2, 0.25) is 0 Å². The molecular weight excluding hydrogens is 352 g/mol. The lowest BCUT2D eigenvalue weighted by atomic mass is 9.98. The average molecular weight is 384 g/mol. The number of rotatable bonds is 7. The Kier molecular flexibility index (Phi) is 6.57. The van der Waals surface area contributed by atoms with Crippen LogP contribution < -0.4 is 19.7 Å². The van der Waals surface area contributed by atoms with Gasteiger partial charge in [0, 0.05) is 17.7 Å². The molecule has 2 N–H and O–H groups in total. The summed E-state index contributed by atoms with van der Waals surface area (Å²) in [6.07, 6.45) is 2.76. The number of para-hydroxylation sites is 1. The summed E-state index contributed by atoms with van der Waals surface area (Å²) in [6, 6.07) is 10.4. The first kappa shape index (κ1) is 20.2. The zero-order valence-corrected chi connectivity index (χ0v) is 17.4. The average Bonchev–Trinajstić information content (AvgIpc) is 2.72. The highest BCUT2D eigenvalue weighted by Crippen LogP contribution is 2.31. The SMILES string of the molecule is CCc1cccc(CC)c1NC(=O)C[NH+]1CCc2cc(OC)c(OC)cc2C1. The van der Waals surface area contributed by atoms with Crippen LogP contribution in [0.15, 0.2) is 30.3 Å². The van der Waals surface area contributed by atoms with E-state index >= 15 is 0 Å². The molecule has 0 spiro atoms. The molecule has 0 radical (unpaired) electrons. The standard InChI is InChI=1S/C23H30N2O3/c1-5-16-8-7-9-17(6-2)23(16)24-22(26)15-25-11-10-18-12-20(27-3)21(28-4)13-19(18)14-25/h7-9,12-13H,5-6,10-11,14-15H2,1-4H3,(H,24,26)/p+1. The number of nitrogens with one attached hydrogen (secondary N) is 2. The number of benzene rings is 2. The second-order valence-electron chi connectivity index (χ2n) is 7.29. The first-order valence-electron chi connectivity index (χ1n) is 10.1. The molecule has 1 amide bonds. The predicted molar refractivity (Wildman–Crippen MR) is 111 cm³/mol. The van der Waals surface area contributed by atoms with Crippen LogP contribution >= 0.6 is 0 Å². The van der Waals surface area contributed by atoms with E-state index in [-0.39, 0.29) is 5.91 Å². The van der Waals surface area contributed by atoms with Crippen molar-refractivity contribution in [3.05, 3.63) is 52.6 Å². The van der Waals surface area contributed by atoms with Crippen molar-refractivity contribution in [1.29, 1.82) is 0 Å². The van der Waals surface area contributed by atoms with Gasteiger partial charge in [-0.15, -0.1) is 0 Å². The molecule has 28 heavy (non-hydrogen) atoms. The molecule has 1 heterocycles. The van der Waals surface area contributed by atoms with Gasteiger partial charge in [-0.2, -0.15) is 0 Å². The van der Waals surface area contributed by atoms with Crippen molar-refractivity contribution >= 4 is 11.6 Å². The van der Waals surface area contributed by atoms with E-state index in [1.807, 2.05) is 6.07 Å². The van der Waals surface area contributed by atoms with Crippen molar-refractivity contribution in [1.82, 2.24) is 0 Å². The molecule has 1 unspecified atom stereocenters. The molecule has 0 saturated carbocycles. The minimum atomic E-state index is 0.0783. The van der Waals surface area contributed by atoms with E-state index in [9.17, 15) is 4.79 Å². The molecule has 0 aliphatic carbocycles. The minimum absolute atomic E-state index is 0.0783. The summed E-state index contributed by atoms with van der Waals surface area (Å²) in [6.45, 7) is 6.47. The Labute approximate surface area is 167 Å². The second-order valence-corrected chi connectivity index (χ2v) is 7.29. The molecule has 5 nitrogen and oxygen atoms in total. The second kappa shape index (κ2) is 9.11. The van der Waals surface area contributed by atoms with Gasteiger partial charge in [0.05, 0.1) is 20.8 Å². The third-order valence-electron chi connectivity index (χ3n) is 5.57. The smallest absolute Gasteiger partial charge is 0.279 e. The molecule has 0 bridgehead atoms. The minimum Gasteiger partial charge on any atom is -0.493 e. The number of carbonyl (C=O) groups excluding carboxylic acids is 1. The van der Waals surface area contributed by atoms with E-state index in [4.69, 9.17) is 9.47 Å². The first-order chi connectivity index (χ1) is 13.6. The Balaban J connectivity index is 1.70. The highest BCUT2D eigenvalue weighted by molar-refractivity contribution is 5.93. The topological polar surface area (TPSA) is 52.0 Å². The Morgan fingerprint density at radius 2 is 1.64 bits per heavy atom. The van der Waals surface area contributed by atoms with Crippen molar-refractivity contribution in [3.63, 3.8) is 0 Å². The fraction of sp³-hybridized carbons (Fsp3) is 0.435. The Hall–Kier alpha value is -2.53. The van der Waals surface area contributed by atoms with Crippen LogP contribution in [0.5, 0.6) is 11.5 Å². The fourth-order valence-electron chi connectivity index (χ4n) is 3.99. The highest BCUT2D eigenvalue weighted by Gasteiger charge is 2.24. The van der Waals surface area contributed by atoms with Crippen molar-refractivity contribution < 1.29 is 19.2 Å². The van der Waals surface area contributed by atoms with Gasteiger partial charge >= 0.3 is 0 Å². The van der Waals surface area contributed by atoms with Gasteiger partial charge in [0.1, 0.15) is 6.54 Å². The van der Waals surface area contributed by atoms with Crippen LogP contribution in [0, 0.1) is 0 Å². The van der Waals surface area contributed by atoms with E-state index < -0.39 is 0 Å². The number of ether oxygens (including phenoxy) is 2. The number of hydrogen-bond donors (Lipinski definition) is 2. The summed E-state index contributed by atoms with van der Waals surface area (Å²) >= 11 is 0. The summed E-state index contributed by atoms with van der Waals surface area (Å²) in [7, 11) is 3.31. The van der Waals surface area contributed by atoms with Crippen LogP contribution in [0.25, 0.3) is 0 Å². The Morgan fingerprint density at radius 3 is 2.21 bits per heavy atom. The van der Waals surface area contributed by atoms with E-state index in [2.05, 4.69) is 43.4 Å². The predicted octanol–water partition coefficient (Wildman–Crippen LogP) is 2.41. The van der Waals surface area contributed by atoms with Gasteiger partial charge in [0.25, 0.3) is 5.91 Å². The van der Waals surface area contributed by atoms with E-state index in [0.717, 1.165) is 49.5 Å². The zero-order chi connectivity index (χ0) is 20.1. The number of aryl methyl sites for hydroxylation is 2. The fourth-order valence-corrected chi connectivity index (χ4v) is 3.99. The van der Waals surface area contributed by atoms with E-state index in [0.29, 0.717) is 6.54 Å². The molecule has 0 saturated heterocycles. The lowest BCUT2D eigenvalue weighted by Gasteiger charge is -2.26. The molecular formula is C23H31N2O3+. The summed E-state index contributed by atoms with van der Waals surface area (Å²) in [5.74, 6) is 1.59. The molecule has 0 aromatic heterocycles. The van der Waals surface area contributed by atoms with Gasteiger partial charge in [-0.05, 0) is 41.7 Å². The molecule has 3 rings (SSSR count). The highest BCUT2D eigenvalue weighted by atomic mass is 16.5. The number of carbonyl (C=O) groups is 1. The van der Waals surface area contributed by atoms with E-state index in [1.165, 1.54) is 27.2 Å².